The van der Waals surface area contributed by atoms with E-state index in [1.807, 2.05) is 26.0 Å². The summed E-state index contributed by atoms with van der Waals surface area (Å²) in [6.07, 6.45) is 3.18. The van der Waals surface area contributed by atoms with Crippen LogP contribution in [0.15, 0.2) is 29.7 Å². The first-order chi connectivity index (χ1) is 12.0. The predicted octanol–water partition coefficient (Wildman–Crippen LogP) is 3.85. The summed E-state index contributed by atoms with van der Waals surface area (Å²) in [7, 11) is 0. The van der Waals surface area contributed by atoms with Gasteiger partial charge in [0.25, 0.3) is 0 Å². The number of nitrogens with one attached hydrogen (secondary N) is 1. The molecule has 25 heavy (non-hydrogen) atoms. The summed E-state index contributed by atoms with van der Waals surface area (Å²) in [6.45, 7) is 3.94. The number of H-pyrrole nitrogens is 1. The molecule has 1 saturated carbocycles. The Morgan fingerprint density at radius 3 is 2.72 bits per heavy atom. The van der Waals surface area contributed by atoms with Gasteiger partial charge in [0.05, 0.1) is 16.7 Å². The van der Waals surface area contributed by atoms with Crippen LogP contribution < -0.4 is 10.5 Å². The normalized spacial score (nSPS) is 22.8. The van der Waals surface area contributed by atoms with Gasteiger partial charge in [0.1, 0.15) is 11.6 Å². The van der Waals surface area contributed by atoms with E-state index in [1.165, 1.54) is 0 Å². The number of halogens is 1. The van der Waals surface area contributed by atoms with Gasteiger partial charge in [-0.15, -0.1) is 0 Å². The third-order valence-electron chi connectivity index (χ3n) is 5.49. The lowest BCUT2D eigenvalue weighted by Gasteiger charge is -2.47. The van der Waals surface area contributed by atoms with Crippen LogP contribution in [0.25, 0.3) is 0 Å². The van der Waals surface area contributed by atoms with Gasteiger partial charge in [-0.05, 0) is 55.9 Å². The van der Waals surface area contributed by atoms with Crippen molar-refractivity contribution in [2.45, 2.75) is 38.5 Å². The fourth-order valence-corrected chi connectivity index (χ4v) is 4.60. The van der Waals surface area contributed by atoms with Crippen LogP contribution in [0, 0.1) is 31.1 Å². The zero-order chi connectivity index (χ0) is 17.8. The highest BCUT2D eigenvalue weighted by molar-refractivity contribution is 6.30. The van der Waals surface area contributed by atoms with Crippen molar-refractivity contribution < 1.29 is 4.74 Å². The average Bonchev–Trinajstić information content (AvgIpc) is 2.85. The van der Waals surface area contributed by atoms with E-state index in [1.54, 1.807) is 0 Å². The van der Waals surface area contributed by atoms with Crippen molar-refractivity contribution in [3.05, 3.63) is 57.1 Å². The van der Waals surface area contributed by atoms with Gasteiger partial charge in [-0.1, -0.05) is 24.1 Å². The van der Waals surface area contributed by atoms with Crippen molar-refractivity contribution in [1.82, 2.24) is 10.2 Å². The molecule has 2 aliphatic rings. The second kappa shape index (κ2) is 5.53. The zero-order valence-electron chi connectivity index (χ0n) is 14.2. The molecule has 128 valence electrons. The van der Waals surface area contributed by atoms with E-state index in [4.69, 9.17) is 22.1 Å². The van der Waals surface area contributed by atoms with Crippen LogP contribution in [0.4, 0.5) is 0 Å². The second-order valence-corrected chi connectivity index (χ2v) is 7.36. The number of allylic oxidation sites excluding steroid dienone is 1. The number of aryl methyl sites for hydroxylation is 2. The topological polar surface area (TPSA) is 87.7 Å². The van der Waals surface area contributed by atoms with Crippen molar-refractivity contribution in [1.29, 1.82) is 5.26 Å². The quantitative estimate of drug-likeness (QED) is 0.857. The van der Waals surface area contributed by atoms with E-state index in [0.29, 0.717) is 16.5 Å². The van der Waals surface area contributed by atoms with Crippen LogP contribution in [0.5, 0.6) is 5.88 Å². The third kappa shape index (κ3) is 2.11. The Bertz CT molecular complexity index is 915. The molecule has 6 heteroatoms. The van der Waals surface area contributed by atoms with Gasteiger partial charge >= 0.3 is 0 Å². The first kappa shape index (κ1) is 16.0. The van der Waals surface area contributed by atoms with Crippen molar-refractivity contribution in [2.75, 3.05) is 0 Å². The summed E-state index contributed by atoms with van der Waals surface area (Å²) in [4.78, 5) is 0. The van der Waals surface area contributed by atoms with Crippen molar-refractivity contribution in [2.24, 2.45) is 11.7 Å². The van der Waals surface area contributed by atoms with E-state index in [9.17, 15) is 5.26 Å². The molecule has 1 fully saturated rings. The van der Waals surface area contributed by atoms with Crippen LogP contribution in [0.3, 0.4) is 0 Å². The molecule has 2 aromatic rings. The molecule has 2 heterocycles. The first-order valence-corrected chi connectivity index (χ1v) is 8.77. The smallest absolute Gasteiger partial charge is 0.222 e. The molecule has 1 atom stereocenters. The van der Waals surface area contributed by atoms with Gasteiger partial charge in [0.15, 0.2) is 0 Å². The van der Waals surface area contributed by atoms with Gasteiger partial charge in [-0.25, -0.2) is 5.10 Å². The fourth-order valence-electron chi connectivity index (χ4n) is 4.31. The molecule has 1 aliphatic carbocycles. The Kier molecular flexibility index (Phi) is 3.55. The minimum absolute atomic E-state index is 0.142. The molecular formula is C19H19ClN4O. The number of ether oxygens (including phenoxy) is 1. The van der Waals surface area contributed by atoms with Gasteiger partial charge in [0.2, 0.25) is 11.8 Å². The molecule has 3 N–H and O–H groups in total. The second-order valence-electron chi connectivity index (χ2n) is 6.92. The summed E-state index contributed by atoms with van der Waals surface area (Å²) in [5, 5.41) is 17.9. The van der Waals surface area contributed by atoms with Crippen molar-refractivity contribution in [3.8, 4) is 11.9 Å². The van der Waals surface area contributed by atoms with Crippen molar-refractivity contribution in [3.63, 3.8) is 0 Å². The molecule has 0 amide bonds. The molecule has 0 saturated heterocycles. The van der Waals surface area contributed by atoms with Gasteiger partial charge in [-0.3, -0.25) is 0 Å². The standard InChI is InChI=1S/C19H19ClN4O/c1-10-6-13(8-14(20)7-10)19(12-4-3-5-12)15(9-21)17(22)25-18-16(19)11(2)23-24-18/h6-8,12H,3-5,22H2,1-2H3,(H,23,24). The number of benzene rings is 1. The highest BCUT2D eigenvalue weighted by Crippen LogP contribution is 2.57. The Morgan fingerprint density at radius 1 is 1.36 bits per heavy atom. The molecule has 1 unspecified atom stereocenters. The predicted molar refractivity (Wildman–Crippen MR) is 95.1 cm³/mol. The van der Waals surface area contributed by atoms with Crippen LogP contribution in [0.2, 0.25) is 5.02 Å². The van der Waals surface area contributed by atoms with Crippen LogP contribution >= 0.6 is 11.6 Å². The molecule has 5 nitrogen and oxygen atoms in total. The number of aromatic amines is 1. The number of hydrogen-bond acceptors (Lipinski definition) is 4. The number of nitrogens with zero attached hydrogens (tertiary/aromatic N) is 2. The SMILES string of the molecule is Cc1cc(Cl)cc(C2(C3CCC3)C(C#N)=C(N)Oc3[nH]nc(C)c32)c1. The van der Waals surface area contributed by atoms with E-state index in [0.717, 1.165) is 41.6 Å². The lowest BCUT2D eigenvalue weighted by Crippen LogP contribution is -2.46. The van der Waals surface area contributed by atoms with E-state index < -0.39 is 5.41 Å². The number of hydrogen-bond donors (Lipinski definition) is 2. The highest BCUT2D eigenvalue weighted by atomic mass is 35.5. The van der Waals surface area contributed by atoms with Gasteiger partial charge < -0.3 is 10.5 Å². The van der Waals surface area contributed by atoms with Gasteiger partial charge in [0, 0.05) is 5.02 Å². The lowest BCUT2D eigenvalue weighted by atomic mass is 9.55. The summed E-state index contributed by atoms with van der Waals surface area (Å²) in [5.41, 5.74) is 9.71. The Morgan fingerprint density at radius 2 is 2.12 bits per heavy atom. The lowest BCUT2D eigenvalue weighted by molar-refractivity contribution is 0.207. The maximum Gasteiger partial charge on any atom is 0.222 e. The summed E-state index contributed by atoms with van der Waals surface area (Å²) >= 11 is 6.38. The summed E-state index contributed by atoms with van der Waals surface area (Å²) in [6, 6.07) is 8.29. The van der Waals surface area contributed by atoms with E-state index in [-0.39, 0.29) is 11.8 Å². The first-order valence-electron chi connectivity index (χ1n) is 8.39. The minimum atomic E-state index is -0.669. The average molecular weight is 355 g/mol. The third-order valence-corrected chi connectivity index (χ3v) is 5.71. The largest absolute Gasteiger partial charge is 0.422 e. The van der Waals surface area contributed by atoms with Crippen LogP contribution in [0.1, 0.15) is 41.6 Å². The molecule has 0 radical (unpaired) electrons. The zero-order valence-corrected chi connectivity index (χ0v) is 14.9. The fraction of sp³-hybridized carbons (Fsp3) is 0.368. The monoisotopic (exact) mass is 354 g/mol. The summed E-state index contributed by atoms with van der Waals surface area (Å²) in [5.74, 6) is 0.930. The molecule has 4 rings (SSSR count). The number of nitriles is 1. The van der Waals surface area contributed by atoms with Crippen LogP contribution in [-0.2, 0) is 5.41 Å². The molecule has 1 aromatic carbocycles. The Hall–Kier alpha value is -2.45. The maximum atomic E-state index is 9.99. The molecule has 0 bridgehead atoms. The van der Waals surface area contributed by atoms with Crippen LogP contribution in [-0.4, -0.2) is 10.2 Å². The molecular weight excluding hydrogens is 336 g/mol. The molecule has 1 aromatic heterocycles. The Balaban J connectivity index is 2.12. The summed E-state index contributed by atoms with van der Waals surface area (Å²) < 4.78 is 5.70. The van der Waals surface area contributed by atoms with E-state index in [2.05, 4.69) is 22.3 Å². The number of rotatable bonds is 2. The number of aromatic nitrogens is 2. The number of fused-ring (bicyclic) bond motifs is 1. The van der Waals surface area contributed by atoms with Gasteiger partial charge in [-0.2, -0.15) is 10.4 Å². The minimum Gasteiger partial charge on any atom is -0.422 e. The molecule has 1 aliphatic heterocycles. The number of nitrogens with two attached hydrogens (primary N) is 1. The molecule has 0 spiro atoms. The van der Waals surface area contributed by atoms with Crippen molar-refractivity contribution >= 4 is 11.6 Å². The Labute approximate surface area is 151 Å². The maximum absolute atomic E-state index is 9.99. The van der Waals surface area contributed by atoms with E-state index >= 15 is 0 Å². The highest BCUT2D eigenvalue weighted by Gasteiger charge is 2.54.